The van der Waals surface area contributed by atoms with Crippen LogP contribution in [0.2, 0.25) is 0 Å². The van der Waals surface area contributed by atoms with Crippen molar-refractivity contribution in [1.29, 1.82) is 0 Å². The maximum absolute atomic E-state index is 13.0. The molecule has 1 saturated heterocycles. The molecule has 4 rings (SSSR count). The molecule has 2 amide bonds. The third kappa shape index (κ3) is 3.30. The Bertz CT molecular complexity index is 1120. The van der Waals surface area contributed by atoms with E-state index in [2.05, 4.69) is 10.3 Å². The second-order valence-electron chi connectivity index (χ2n) is 6.56. The van der Waals surface area contributed by atoms with E-state index in [0.717, 1.165) is 16.3 Å². The lowest BCUT2D eigenvalue weighted by Gasteiger charge is -2.31. The molecule has 1 N–H and O–H groups in total. The SMILES string of the molecule is Cc1ccc(N2C(=O)[C@H](C=Nc3cccc4ccccc34)C(=O)NC2=S)cc1. The number of anilines is 1. The maximum atomic E-state index is 13.0. The number of hydrogen-bond acceptors (Lipinski definition) is 4. The zero-order valence-electron chi connectivity index (χ0n) is 15.1. The van der Waals surface area contributed by atoms with Gasteiger partial charge >= 0.3 is 0 Å². The number of rotatable bonds is 3. The zero-order valence-corrected chi connectivity index (χ0v) is 15.9. The first-order chi connectivity index (χ1) is 13.5. The number of fused-ring (bicyclic) bond motifs is 1. The van der Waals surface area contributed by atoms with E-state index in [1.165, 1.54) is 11.1 Å². The molecule has 0 spiro atoms. The summed E-state index contributed by atoms with van der Waals surface area (Å²) in [5.41, 5.74) is 2.38. The molecule has 3 aromatic carbocycles. The van der Waals surface area contributed by atoms with Crippen LogP contribution in [0.3, 0.4) is 0 Å². The molecule has 0 aliphatic carbocycles. The minimum Gasteiger partial charge on any atom is -0.301 e. The molecule has 3 aromatic rings. The van der Waals surface area contributed by atoms with Crippen molar-refractivity contribution in [3.63, 3.8) is 0 Å². The van der Waals surface area contributed by atoms with Crippen LogP contribution in [0, 0.1) is 12.8 Å². The van der Waals surface area contributed by atoms with Crippen molar-refractivity contribution in [1.82, 2.24) is 5.32 Å². The number of carbonyl (C=O) groups excluding carboxylic acids is 2. The average Bonchev–Trinajstić information content (AvgIpc) is 2.69. The van der Waals surface area contributed by atoms with Crippen molar-refractivity contribution in [3.8, 4) is 0 Å². The van der Waals surface area contributed by atoms with Crippen molar-refractivity contribution in [2.75, 3.05) is 4.90 Å². The van der Waals surface area contributed by atoms with E-state index < -0.39 is 17.7 Å². The minimum absolute atomic E-state index is 0.0775. The third-order valence-electron chi connectivity index (χ3n) is 4.62. The highest BCUT2D eigenvalue weighted by atomic mass is 32.1. The second-order valence-corrected chi connectivity index (χ2v) is 6.94. The summed E-state index contributed by atoms with van der Waals surface area (Å²) >= 11 is 5.22. The van der Waals surface area contributed by atoms with Gasteiger partial charge in [-0.15, -0.1) is 0 Å². The number of nitrogens with zero attached hydrogens (tertiary/aromatic N) is 2. The van der Waals surface area contributed by atoms with Crippen LogP contribution in [-0.4, -0.2) is 23.1 Å². The van der Waals surface area contributed by atoms with Crippen LogP contribution >= 0.6 is 12.2 Å². The molecule has 138 valence electrons. The molecule has 5 nitrogen and oxygen atoms in total. The Hall–Kier alpha value is -3.38. The van der Waals surface area contributed by atoms with Gasteiger partial charge in [0.2, 0.25) is 5.91 Å². The summed E-state index contributed by atoms with van der Waals surface area (Å²) in [7, 11) is 0. The average molecular weight is 387 g/mol. The van der Waals surface area contributed by atoms with Crippen LogP contribution in [0.5, 0.6) is 0 Å². The van der Waals surface area contributed by atoms with Gasteiger partial charge in [0.25, 0.3) is 5.91 Å². The highest BCUT2D eigenvalue weighted by Gasteiger charge is 2.38. The van der Waals surface area contributed by atoms with Gasteiger partial charge in [-0.3, -0.25) is 19.5 Å². The van der Waals surface area contributed by atoms with Crippen LogP contribution < -0.4 is 10.2 Å². The molecule has 0 radical (unpaired) electrons. The number of aliphatic imine (C=N–C) groups is 1. The van der Waals surface area contributed by atoms with E-state index >= 15 is 0 Å². The van der Waals surface area contributed by atoms with Gasteiger partial charge in [0, 0.05) is 11.6 Å². The number of aryl methyl sites for hydroxylation is 1. The summed E-state index contributed by atoms with van der Waals surface area (Å²) in [4.78, 5) is 31.2. The Morgan fingerprint density at radius 3 is 2.50 bits per heavy atom. The second kappa shape index (κ2) is 7.32. The van der Waals surface area contributed by atoms with E-state index in [-0.39, 0.29) is 5.11 Å². The third-order valence-corrected chi connectivity index (χ3v) is 4.91. The smallest absolute Gasteiger partial charge is 0.251 e. The first-order valence-electron chi connectivity index (χ1n) is 8.82. The van der Waals surface area contributed by atoms with Gasteiger partial charge in [0.05, 0.1) is 11.4 Å². The molecule has 1 aliphatic heterocycles. The summed E-state index contributed by atoms with van der Waals surface area (Å²) in [6.45, 7) is 1.96. The molecular weight excluding hydrogens is 370 g/mol. The Morgan fingerprint density at radius 2 is 1.71 bits per heavy atom. The van der Waals surface area contributed by atoms with Crippen molar-refractivity contribution in [2.24, 2.45) is 10.9 Å². The molecule has 0 unspecified atom stereocenters. The molecular formula is C22H17N3O2S. The number of carbonyl (C=O) groups is 2. The Balaban J connectivity index is 1.67. The van der Waals surface area contributed by atoms with Crippen molar-refractivity contribution in [2.45, 2.75) is 6.92 Å². The monoisotopic (exact) mass is 387 g/mol. The lowest BCUT2D eigenvalue weighted by molar-refractivity contribution is -0.130. The van der Waals surface area contributed by atoms with Crippen LogP contribution in [0.4, 0.5) is 11.4 Å². The fourth-order valence-corrected chi connectivity index (χ4v) is 3.43. The van der Waals surface area contributed by atoms with Crippen molar-refractivity contribution >= 4 is 57.5 Å². The molecule has 0 aromatic heterocycles. The van der Waals surface area contributed by atoms with Gasteiger partial charge in [0.1, 0.15) is 0 Å². The van der Waals surface area contributed by atoms with Gasteiger partial charge in [0.15, 0.2) is 11.0 Å². The Labute approximate surface area is 167 Å². The number of benzene rings is 3. The lowest BCUT2D eigenvalue weighted by atomic mass is 10.1. The summed E-state index contributed by atoms with van der Waals surface area (Å²) in [6.07, 6.45) is 1.39. The largest absolute Gasteiger partial charge is 0.301 e. The molecule has 0 bridgehead atoms. The van der Waals surface area contributed by atoms with Gasteiger partial charge in [-0.1, -0.05) is 54.1 Å². The quantitative estimate of drug-likeness (QED) is 0.421. The Kier molecular flexibility index (Phi) is 4.71. The van der Waals surface area contributed by atoms with Crippen molar-refractivity contribution in [3.05, 3.63) is 72.3 Å². The lowest BCUT2D eigenvalue weighted by Crippen LogP contribution is -2.58. The summed E-state index contributed by atoms with van der Waals surface area (Å²) in [6, 6.07) is 20.9. The molecule has 1 heterocycles. The van der Waals surface area contributed by atoms with Gasteiger partial charge in [-0.25, -0.2) is 0 Å². The molecule has 1 fully saturated rings. The first kappa shape index (κ1) is 18.0. The van der Waals surface area contributed by atoms with E-state index in [1.807, 2.05) is 61.5 Å². The Morgan fingerprint density at radius 1 is 1.00 bits per heavy atom. The van der Waals surface area contributed by atoms with Crippen LogP contribution in [0.25, 0.3) is 10.8 Å². The number of amides is 2. The molecule has 6 heteroatoms. The highest BCUT2D eigenvalue weighted by molar-refractivity contribution is 7.80. The standard InChI is InChI=1S/C22H17N3O2S/c1-14-9-11-16(12-10-14)25-21(27)18(20(26)24-22(25)28)13-23-19-8-4-6-15-5-2-3-7-17(15)19/h2-13,18H,1H3,(H,24,26,28)/t18-/m1/s1. The fourth-order valence-electron chi connectivity index (χ4n) is 3.14. The number of hydrogen-bond donors (Lipinski definition) is 1. The van der Waals surface area contributed by atoms with Crippen LogP contribution in [0.1, 0.15) is 5.56 Å². The van der Waals surface area contributed by atoms with Gasteiger partial charge < -0.3 is 5.32 Å². The molecule has 28 heavy (non-hydrogen) atoms. The minimum atomic E-state index is -1.05. The topological polar surface area (TPSA) is 61.8 Å². The van der Waals surface area contributed by atoms with Gasteiger partial charge in [-0.2, -0.15) is 0 Å². The van der Waals surface area contributed by atoms with E-state index in [0.29, 0.717) is 11.4 Å². The summed E-state index contributed by atoms with van der Waals surface area (Å²) in [5, 5.41) is 4.68. The number of nitrogens with one attached hydrogen (secondary N) is 1. The number of thiocarbonyl (C=S) groups is 1. The summed E-state index contributed by atoms with van der Waals surface area (Å²) in [5.74, 6) is -1.93. The maximum Gasteiger partial charge on any atom is 0.251 e. The predicted molar refractivity (Wildman–Crippen MR) is 115 cm³/mol. The molecule has 1 atom stereocenters. The van der Waals surface area contributed by atoms with E-state index in [4.69, 9.17) is 12.2 Å². The zero-order chi connectivity index (χ0) is 19.7. The first-order valence-corrected chi connectivity index (χ1v) is 9.23. The normalized spacial score (nSPS) is 17.4. The van der Waals surface area contributed by atoms with Crippen LogP contribution in [0.15, 0.2) is 71.7 Å². The molecule has 0 saturated carbocycles. The van der Waals surface area contributed by atoms with E-state index in [9.17, 15) is 9.59 Å². The van der Waals surface area contributed by atoms with Gasteiger partial charge in [-0.05, 0) is 42.7 Å². The fraction of sp³-hybridized carbons (Fsp3) is 0.0909. The van der Waals surface area contributed by atoms with E-state index in [1.54, 1.807) is 12.1 Å². The predicted octanol–water partition coefficient (Wildman–Crippen LogP) is 3.91. The summed E-state index contributed by atoms with van der Waals surface area (Å²) < 4.78 is 0. The van der Waals surface area contributed by atoms with Crippen LogP contribution in [-0.2, 0) is 9.59 Å². The molecule has 1 aliphatic rings. The highest BCUT2D eigenvalue weighted by Crippen LogP contribution is 2.26. The van der Waals surface area contributed by atoms with Crippen molar-refractivity contribution < 1.29 is 9.59 Å².